The number of aryl methyl sites for hydroxylation is 2. The maximum absolute atomic E-state index is 12.0. The maximum Gasteiger partial charge on any atom is 0.215 e. The second-order valence-electron chi connectivity index (χ2n) is 5.40. The van der Waals surface area contributed by atoms with Gasteiger partial charge in [-0.25, -0.2) is 13.1 Å². The van der Waals surface area contributed by atoms with Crippen LogP contribution >= 0.6 is 15.9 Å². The molecule has 0 fully saturated rings. The van der Waals surface area contributed by atoms with Gasteiger partial charge in [0.25, 0.3) is 0 Å². The predicted molar refractivity (Wildman–Crippen MR) is 96.2 cm³/mol. The smallest absolute Gasteiger partial charge is 0.215 e. The Balaban J connectivity index is 1.81. The molecule has 0 spiro atoms. The predicted octanol–water partition coefficient (Wildman–Crippen LogP) is 3.56. The molecule has 124 valence electrons. The van der Waals surface area contributed by atoms with Crippen LogP contribution in [0.2, 0.25) is 0 Å². The van der Waals surface area contributed by atoms with Crippen molar-refractivity contribution in [1.29, 1.82) is 0 Å². The minimum Gasteiger partial charge on any atom is -0.492 e. The van der Waals surface area contributed by atoms with Crippen LogP contribution in [0.3, 0.4) is 0 Å². The van der Waals surface area contributed by atoms with Gasteiger partial charge in [0.05, 0.1) is 5.75 Å². The normalized spacial score (nSPS) is 11.4. The highest BCUT2D eigenvalue weighted by Gasteiger charge is 2.11. The van der Waals surface area contributed by atoms with Crippen molar-refractivity contribution in [2.45, 2.75) is 19.6 Å². The van der Waals surface area contributed by atoms with Gasteiger partial charge in [-0.05, 0) is 43.2 Å². The number of nitrogens with one attached hydrogen (secondary N) is 1. The molecular formula is C17H20BrNO3S. The fraction of sp³-hybridized carbons (Fsp3) is 0.294. The molecule has 4 nitrogen and oxygen atoms in total. The van der Waals surface area contributed by atoms with Gasteiger partial charge in [0.2, 0.25) is 10.0 Å². The summed E-state index contributed by atoms with van der Waals surface area (Å²) in [5, 5.41) is 0. The van der Waals surface area contributed by atoms with Gasteiger partial charge in [-0.2, -0.15) is 0 Å². The van der Waals surface area contributed by atoms with Crippen LogP contribution in [-0.4, -0.2) is 21.6 Å². The van der Waals surface area contributed by atoms with E-state index in [2.05, 4.69) is 20.7 Å². The van der Waals surface area contributed by atoms with Crippen LogP contribution in [0.4, 0.5) is 0 Å². The number of halogens is 1. The van der Waals surface area contributed by atoms with Gasteiger partial charge < -0.3 is 4.74 Å². The summed E-state index contributed by atoms with van der Waals surface area (Å²) in [6, 6.07) is 13.1. The molecule has 0 heterocycles. The van der Waals surface area contributed by atoms with E-state index in [0.717, 1.165) is 21.3 Å². The first-order valence-corrected chi connectivity index (χ1v) is 9.72. The average Bonchev–Trinajstić information content (AvgIpc) is 2.47. The zero-order valence-electron chi connectivity index (χ0n) is 13.2. The summed E-state index contributed by atoms with van der Waals surface area (Å²) in [7, 11) is -3.36. The third-order valence-electron chi connectivity index (χ3n) is 3.28. The summed E-state index contributed by atoms with van der Waals surface area (Å²) in [6.45, 7) is 4.53. The SMILES string of the molecule is Cc1ccc(OCCNS(=O)(=O)Cc2ccc(Br)cc2)c(C)c1. The molecule has 0 saturated carbocycles. The number of hydrogen-bond donors (Lipinski definition) is 1. The first-order chi connectivity index (χ1) is 10.9. The Bertz CT molecular complexity index is 758. The molecule has 2 aromatic carbocycles. The van der Waals surface area contributed by atoms with E-state index in [1.165, 1.54) is 5.56 Å². The summed E-state index contributed by atoms with van der Waals surface area (Å²) in [4.78, 5) is 0. The molecule has 0 aliphatic rings. The van der Waals surface area contributed by atoms with Crippen molar-refractivity contribution < 1.29 is 13.2 Å². The highest BCUT2D eigenvalue weighted by molar-refractivity contribution is 9.10. The average molecular weight is 398 g/mol. The van der Waals surface area contributed by atoms with E-state index in [9.17, 15) is 8.42 Å². The van der Waals surface area contributed by atoms with Crippen molar-refractivity contribution in [1.82, 2.24) is 4.72 Å². The van der Waals surface area contributed by atoms with Gasteiger partial charge in [-0.3, -0.25) is 0 Å². The van der Waals surface area contributed by atoms with Crippen molar-refractivity contribution >= 4 is 26.0 Å². The number of benzene rings is 2. The molecule has 0 unspecified atom stereocenters. The largest absolute Gasteiger partial charge is 0.492 e. The lowest BCUT2D eigenvalue weighted by molar-refractivity contribution is 0.320. The highest BCUT2D eigenvalue weighted by Crippen LogP contribution is 2.18. The van der Waals surface area contributed by atoms with Crippen LogP contribution in [-0.2, 0) is 15.8 Å². The minimum atomic E-state index is -3.36. The third-order valence-corrected chi connectivity index (χ3v) is 5.17. The Hall–Kier alpha value is -1.37. The van der Waals surface area contributed by atoms with Crippen LogP contribution in [0, 0.1) is 13.8 Å². The van der Waals surface area contributed by atoms with Crippen molar-refractivity contribution in [2.75, 3.05) is 13.2 Å². The fourth-order valence-electron chi connectivity index (χ4n) is 2.17. The van der Waals surface area contributed by atoms with E-state index in [1.807, 2.05) is 44.2 Å². The molecule has 0 aliphatic carbocycles. The van der Waals surface area contributed by atoms with Gasteiger partial charge in [-0.15, -0.1) is 0 Å². The summed E-state index contributed by atoms with van der Waals surface area (Å²) >= 11 is 3.33. The standard InChI is InChI=1S/C17H20BrNO3S/c1-13-3-8-17(14(2)11-13)22-10-9-19-23(20,21)12-15-4-6-16(18)7-5-15/h3-8,11,19H,9-10,12H2,1-2H3. The second-order valence-corrected chi connectivity index (χ2v) is 8.12. The molecule has 1 N–H and O–H groups in total. The Kier molecular flexibility index (Phi) is 6.21. The van der Waals surface area contributed by atoms with E-state index in [4.69, 9.17) is 4.74 Å². The highest BCUT2D eigenvalue weighted by atomic mass is 79.9. The maximum atomic E-state index is 12.0. The molecular weight excluding hydrogens is 378 g/mol. The lowest BCUT2D eigenvalue weighted by Gasteiger charge is -2.11. The third kappa shape index (κ3) is 5.97. The number of sulfonamides is 1. The lowest BCUT2D eigenvalue weighted by Crippen LogP contribution is -2.29. The Morgan fingerprint density at radius 1 is 1.09 bits per heavy atom. The minimum absolute atomic E-state index is 0.0379. The summed E-state index contributed by atoms with van der Waals surface area (Å²) < 4.78 is 33.2. The van der Waals surface area contributed by atoms with Crippen LogP contribution in [0.25, 0.3) is 0 Å². The first-order valence-electron chi connectivity index (χ1n) is 7.27. The summed E-state index contributed by atoms with van der Waals surface area (Å²) in [5.74, 6) is 0.742. The topological polar surface area (TPSA) is 55.4 Å². The van der Waals surface area contributed by atoms with Gasteiger partial charge in [0.1, 0.15) is 12.4 Å². The molecule has 0 aliphatic heterocycles. The zero-order chi connectivity index (χ0) is 16.9. The molecule has 0 aromatic heterocycles. The van der Waals surface area contributed by atoms with Crippen LogP contribution < -0.4 is 9.46 Å². The molecule has 23 heavy (non-hydrogen) atoms. The van der Waals surface area contributed by atoms with Gasteiger partial charge >= 0.3 is 0 Å². The van der Waals surface area contributed by atoms with Crippen molar-refractivity contribution in [3.8, 4) is 5.75 Å². The Morgan fingerprint density at radius 2 is 1.78 bits per heavy atom. The van der Waals surface area contributed by atoms with Gasteiger partial charge in [-0.1, -0.05) is 45.8 Å². The quantitative estimate of drug-likeness (QED) is 0.726. The Morgan fingerprint density at radius 3 is 2.43 bits per heavy atom. The molecule has 6 heteroatoms. The molecule has 0 bridgehead atoms. The van der Waals surface area contributed by atoms with Crippen LogP contribution in [0.1, 0.15) is 16.7 Å². The summed E-state index contributed by atoms with van der Waals surface area (Å²) in [5.41, 5.74) is 2.96. The van der Waals surface area contributed by atoms with E-state index in [0.29, 0.717) is 6.61 Å². The van der Waals surface area contributed by atoms with Crippen molar-refractivity contribution in [3.05, 3.63) is 63.6 Å². The number of hydrogen-bond acceptors (Lipinski definition) is 3. The molecule has 0 atom stereocenters. The van der Waals surface area contributed by atoms with Gasteiger partial charge in [0, 0.05) is 11.0 Å². The molecule has 0 amide bonds. The van der Waals surface area contributed by atoms with Crippen molar-refractivity contribution in [2.24, 2.45) is 0 Å². The number of ether oxygens (including phenoxy) is 1. The van der Waals surface area contributed by atoms with Crippen LogP contribution in [0.5, 0.6) is 5.75 Å². The molecule has 2 aromatic rings. The number of rotatable bonds is 7. The molecule has 0 saturated heterocycles. The van der Waals surface area contributed by atoms with E-state index < -0.39 is 10.0 Å². The Labute approximate surface area is 146 Å². The van der Waals surface area contributed by atoms with Crippen LogP contribution in [0.15, 0.2) is 46.9 Å². The van der Waals surface area contributed by atoms with E-state index >= 15 is 0 Å². The zero-order valence-corrected chi connectivity index (χ0v) is 15.6. The monoisotopic (exact) mass is 397 g/mol. The lowest BCUT2D eigenvalue weighted by atomic mass is 10.1. The first kappa shape index (κ1) is 18.0. The van der Waals surface area contributed by atoms with Gasteiger partial charge in [0.15, 0.2) is 0 Å². The second kappa shape index (κ2) is 7.95. The summed E-state index contributed by atoms with van der Waals surface area (Å²) in [6.07, 6.45) is 0. The molecule has 0 radical (unpaired) electrons. The fourth-order valence-corrected chi connectivity index (χ4v) is 3.56. The molecule has 2 rings (SSSR count). The van der Waals surface area contributed by atoms with E-state index in [-0.39, 0.29) is 12.3 Å². The van der Waals surface area contributed by atoms with Crippen molar-refractivity contribution in [3.63, 3.8) is 0 Å². The van der Waals surface area contributed by atoms with E-state index in [1.54, 1.807) is 12.1 Å².